The highest BCUT2D eigenvalue weighted by molar-refractivity contribution is 7.80. The number of amides is 1. The van der Waals surface area contributed by atoms with Crippen molar-refractivity contribution in [3.8, 4) is 0 Å². The fraction of sp³-hybridized carbons (Fsp3) is 0.294. The van der Waals surface area contributed by atoms with Gasteiger partial charge in [-0.25, -0.2) is 0 Å². The van der Waals surface area contributed by atoms with Gasteiger partial charge in [-0.3, -0.25) is 9.69 Å². The number of likely N-dealkylation sites (tertiary alicyclic amines) is 1. The molecule has 0 radical (unpaired) electrons. The van der Waals surface area contributed by atoms with Crippen LogP contribution in [0.4, 0.5) is 5.69 Å². The number of likely N-dealkylation sites (N-methyl/N-ethyl adjacent to an activating group) is 1. The van der Waals surface area contributed by atoms with Crippen LogP contribution in [0.2, 0.25) is 0 Å². The zero-order valence-electron chi connectivity index (χ0n) is 12.7. The maximum absolute atomic E-state index is 13.3. The van der Waals surface area contributed by atoms with Gasteiger partial charge in [-0.05, 0) is 43.5 Å². The Kier molecular flexibility index (Phi) is 3.25. The summed E-state index contributed by atoms with van der Waals surface area (Å²) in [5, 5.41) is 3.75. The lowest BCUT2D eigenvalue weighted by Crippen LogP contribution is -2.52. The number of para-hydroxylation sites is 1. The Morgan fingerprint density at radius 2 is 2.04 bits per heavy atom. The molecule has 23 heavy (non-hydrogen) atoms. The van der Waals surface area contributed by atoms with E-state index in [-0.39, 0.29) is 11.8 Å². The molecule has 0 bridgehead atoms. The first-order valence-electron chi connectivity index (χ1n) is 7.55. The van der Waals surface area contributed by atoms with Crippen LogP contribution in [0.15, 0.2) is 53.1 Å². The summed E-state index contributed by atoms with van der Waals surface area (Å²) in [4.78, 5) is 17.0. The molecule has 118 valence electrons. The number of furan rings is 1. The molecule has 2 atom stereocenters. The molecule has 0 aliphatic carbocycles. The van der Waals surface area contributed by atoms with E-state index in [1.165, 1.54) is 0 Å². The van der Waals surface area contributed by atoms with E-state index in [1.807, 2.05) is 49.5 Å². The highest BCUT2D eigenvalue weighted by atomic mass is 32.1. The molecule has 2 aliphatic rings. The molecule has 1 aromatic carbocycles. The van der Waals surface area contributed by atoms with E-state index < -0.39 is 5.54 Å². The number of rotatable bonds is 2. The lowest BCUT2D eigenvalue weighted by atomic mass is 9.85. The number of carbonyl (C=O) groups excluding carboxylic acids is 1. The van der Waals surface area contributed by atoms with E-state index in [4.69, 9.17) is 16.6 Å². The summed E-state index contributed by atoms with van der Waals surface area (Å²) < 4.78 is 5.60. The Morgan fingerprint density at radius 3 is 2.74 bits per heavy atom. The topological polar surface area (TPSA) is 48.7 Å². The quantitative estimate of drug-likeness (QED) is 0.855. The molecule has 1 spiro atoms. The molecular weight excluding hydrogens is 310 g/mol. The number of hydrogen-bond acceptors (Lipinski definition) is 4. The van der Waals surface area contributed by atoms with Crippen molar-refractivity contribution in [1.29, 1.82) is 0 Å². The molecule has 2 aliphatic heterocycles. The number of benzene rings is 1. The van der Waals surface area contributed by atoms with E-state index in [0.717, 1.165) is 18.0 Å². The van der Waals surface area contributed by atoms with Crippen molar-refractivity contribution in [2.24, 2.45) is 0 Å². The number of thiocarbonyl (C=S) groups is 1. The molecule has 2 fully saturated rings. The number of nitrogens with zero attached hydrogens (tertiary/aromatic N) is 2. The highest BCUT2D eigenvalue weighted by Crippen LogP contribution is 2.41. The first-order chi connectivity index (χ1) is 11.1. The molecule has 2 aromatic rings. The molecule has 1 N–H and O–H groups in total. The summed E-state index contributed by atoms with van der Waals surface area (Å²) in [6.45, 7) is 1.35. The van der Waals surface area contributed by atoms with Crippen molar-refractivity contribution in [1.82, 2.24) is 10.2 Å². The Hall–Kier alpha value is -2.18. The second kappa shape index (κ2) is 5.18. The lowest BCUT2D eigenvalue weighted by Gasteiger charge is -2.26. The van der Waals surface area contributed by atoms with Crippen LogP contribution in [0.1, 0.15) is 11.7 Å². The monoisotopic (exact) mass is 327 g/mol. The summed E-state index contributed by atoms with van der Waals surface area (Å²) >= 11 is 5.47. The largest absolute Gasteiger partial charge is 0.469 e. The van der Waals surface area contributed by atoms with Crippen LogP contribution < -0.4 is 10.2 Å². The lowest BCUT2D eigenvalue weighted by molar-refractivity contribution is -0.122. The van der Waals surface area contributed by atoms with Crippen LogP contribution in [0.5, 0.6) is 0 Å². The average Bonchev–Trinajstić information content (AvgIpc) is 3.21. The van der Waals surface area contributed by atoms with Gasteiger partial charge >= 0.3 is 0 Å². The number of carbonyl (C=O) groups is 1. The molecule has 0 saturated carbocycles. The van der Waals surface area contributed by atoms with E-state index in [1.54, 1.807) is 11.2 Å². The first-order valence-corrected chi connectivity index (χ1v) is 7.96. The van der Waals surface area contributed by atoms with Crippen molar-refractivity contribution < 1.29 is 9.21 Å². The van der Waals surface area contributed by atoms with E-state index >= 15 is 0 Å². The standard InChI is InChI=1S/C17H17N3O2S/c1-19-10-13(14-8-5-9-22-14)17(11-19)15(21)20(16(23)18-17)12-6-3-2-4-7-12/h2-9,13H,10-11H2,1H3,(H,18,23)/t13-,17-/m0/s1. The summed E-state index contributed by atoms with van der Waals surface area (Å²) in [7, 11) is 2.01. The van der Waals surface area contributed by atoms with Gasteiger partial charge in [-0.2, -0.15) is 0 Å². The van der Waals surface area contributed by atoms with Crippen molar-refractivity contribution in [3.63, 3.8) is 0 Å². The number of nitrogens with one attached hydrogen (secondary N) is 1. The predicted molar refractivity (Wildman–Crippen MR) is 91.3 cm³/mol. The molecule has 2 saturated heterocycles. The van der Waals surface area contributed by atoms with Crippen molar-refractivity contribution in [2.45, 2.75) is 11.5 Å². The SMILES string of the molecule is CN1C[C@@H](c2ccco2)[C@]2(C1)NC(=S)N(c1ccccc1)C2=O. The normalized spacial score (nSPS) is 27.9. The van der Waals surface area contributed by atoms with Crippen molar-refractivity contribution in [3.05, 3.63) is 54.5 Å². The predicted octanol–water partition coefficient (Wildman–Crippen LogP) is 1.97. The van der Waals surface area contributed by atoms with Crippen LogP contribution in [0, 0.1) is 0 Å². The molecule has 1 amide bonds. The maximum atomic E-state index is 13.3. The molecule has 6 heteroatoms. The second-order valence-electron chi connectivity index (χ2n) is 6.14. The van der Waals surface area contributed by atoms with Gasteiger partial charge in [0.25, 0.3) is 5.91 Å². The van der Waals surface area contributed by atoms with Gasteiger partial charge in [-0.15, -0.1) is 0 Å². The molecule has 1 aromatic heterocycles. The summed E-state index contributed by atoms with van der Waals surface area (Å²) in [6, 6.07) is 13.3. The van der Waals surface area contributed by atoms with E-state index in [2.05, 4.69) is 10.2 Å². The average molecular weight is 327 g/mol. The highest BCUT2D eigenvalue weighted by Gasteiger charge is 2.59. The molecule has 3 heterocycles. The Labute approximate surface area is 139 Å². The smallest absolute Gasteiger partial charge is 0.261 e. The minimum absolute atomic E-state index is 0.0144. The summed E-state index contributed by atoms with van der Waals surface area (Å²) in [6.07, 6.45) is 1.65. The van der Waals surface area contributed by atoms with Crippen molar-refractivity contribution in [2.75, 3.05) is 25.0 Å². The Morgan fingerprint density at radius 1 is 1.26 bits per heavy atom. The van der Waals surface area contributed by atoms with Gasteiger partial charge in [0, 0.05) is 13.1 Å². The van der Waals surface area contributed by atoms with E-state index in [0.29, 0.717) is 11.7 Å². The van der Waals surface area contributed by atoms with Crippen LogP contribution in [0.3, 0.4) is 0 Å². The van der Waals surface area contributed by atoms with E-state index in [9.17, 15) is 4.79 Å². The minimum Gasteiger partial charge on any atom is -0.469 e. The number of anilines is 1. The second-order valence-corrected chi connectivity index (χ2v) is 6.53. The third kappa shape index (κ3) is 2.09. The third-order valence-electron chi connectivity index (χ3n) is 4.63. The third-order valence-corrected chi connectivity index (χ3v) is 4.91. The van der Waals surface area contributed by atoms with Crippen LogP contribution >= 0.6 is 12.2 Å². The van der Waals surface area contributed by atoms with Crippen LogP contribution in [-0.4, -0.2) is 41.6 Å². The number of hydrogen-bond donors (Lipinski definition) is 1. The summed E-state index contributed by atoms with van der Waals surface area (Å²) in [5.74, 6) is 0.731. The van der Waals surface area contributed by atoms with Crippen LogP contribution in [-0.2, 0) is 4.79 Å². The van der Waals surface area contributed by atoms with Gasteiger partial charge in [0.15, 0.2) is 5.11 Å². The van der Waals surface area contributed by atoms with Gasteiger partial charge in [0.05, 0.1) is 17.9 Å². The molecule has 0 unspecified atom stereocenters. The molecule has 5 nitrogen and oxygen atoms in total. The van der Waals surface area contributed by atoms with Gasteiger partial charge < -0.3 is 14.6 Å². The fourth-order valence-corrected chi connectivity index (χ4v) is 4.01. The molecule has 4 rings (SSSR count). The van der Waals surface area contributed by atoms with Crippen LogP contribution in [0.25, 0.3) is 0 Å². The zero-order valence-corrected chi connectivity index (χ0v) is 13.5. The maximum Gasteiger partial charge on any atom is 0.261 e. The van der Waals surface area contributed by atoms with Gasteiger partial charge in [0.1, 0.15) is 11.3 Å². The zero-order chi connectivity index (χ0) is 16.0. The molecular formula is C17H17N3O2S. The fourth-order valence-electron chi connectivity index (χ4n) is 3.64. The first kappa shape index (κ1) is 14.4. The van der Waals surface area contributed by atoms with Gasteiger partial charge in [0.2, 0.25) is 0 Å². The summed E-state index contributed by atoms with van der Waals surface area (Å²) in [5.41, 5.74) is 0.0270. The minimum atomic E-state index is -0.764. The Bertz CT molecular complexity index is 746. The Balaban J connectivity index is 1.76. The van der Waals surface area contributed by atoms with Crippen molar-refractivity contribution >= 4 is 28.9 Å². The van der Waals surface area contributed by atoms with Gasteiger partial charge in [-0.1, -0.05) is 18.2 Å².